The molecule has 0 fully saturated rings. The second-order valence-electron chi connectivity index (χ2n) is 6.47. The monoisotopic (exact) mass is 323 g/mol. The topological polar surface area (TPSA) is 64.4 Å². The molecule has 0 radical (unpaired) electrons. The summed E-state index contributed by atoms with van der Waals surface area (Å²) in [6, 6.07) is 2.09. The molecule has 6 nitrogen and oxygen atoms in total. The fourth-order valence-electron chi connectivity index (χ4n) is 2.72. The number of hydrogen-bond acceptors (Lipinski definition) is 4. The second kappa shape index (κ2) is 8.13. The van der Waals surface area contributed by atoms with Gasteiger partial charge in [0, 0.05) is 17.8 Å². The highest BCUT2D eigenvalue weighted by molar-refractivity contribution is 5.83. The van der Waals surface area contributed by atoms with E-state index in [4.69, 9.17) is 4.74 Å². The summed E-state index contributed by atoms with van der Waals surface area (Å²) < 4.78 is 7.07. The van der Waals surface area contributed by atoms with E-state index in [0.717, 1.165) is 11.4 Å². The normalized spacial score (nSPS) is 12.6. The molecule has 1 unspecified atom stereocenters. The van der Waals surface area contributed by atoms with Crippen molar-refractivity contribution in [3.05, 3.63) is 17.5 Å². The van der Waals surface area contributed by atoms with E-state index in [9.17, 15) is 9.59 Å². The van der Waals surface area contributed by atoms with E-state index in [-0.39, 0.29) is 30.4 Å². The smallest absolute Gasteiger partial charge is 0.308 e. The fraction of sp³-hybridized carbons (Fsp3) is 0.706. The Hall–Kier alpha value is -1.85. The maximum absolute atomic E-state index is 12.4. The molecule has 1 aromatic rings. The Morgan fingerprint density at radius 2 is 1.74 bits per heavy atom. The number of ether oxygens (including phenoxy) is 1. The van der Waals surface area contributed by atoms with Crippen molar-refractivity contribution in [2.45, 2.75) is 79.6 Å². The molecule has 0 saturated heterocycles. The number of carbonyl (C=O) groups excluding carboxylic acids is 2. The van der Waals surface area contributed by atoms with Gasteiger partial charge in [-0.3, -0.25) is 14.3 Å². The van der Waals surface area contributed by atoms with Crippen LogP contribution >= 0.6 is 0 Å². The van der Waals surface area contributed by atoms with E-state index in [0.29, 0.717) is 6.54 Å². The summed E-state index contributed by atoms with van der Waals surface area (Å²) in [5.74, 6) is -0.541. The standard InChI is InChI=1S/C17H29N3O3/c1-11(2)20(12(3)4)17(22)15(7)23-16(21)8-9-19-14(6)10-13(5)18-19/h10-12,15H,8-9H2,1-7H3. The van der Waals surface area contributed by atoms with Crippen LogP contribution in [0.3, 0.4) is 0 Å². The first-order chi connectivity index (χ1) is 10.6. The average molecular weight is 323 g/mol. The first-order valence-corrected chi connectivity index (χ1v) is 8.16. The Labute approximate surface area is 138 Å². The van der Waals surface area contributed by atoms with Crippen LogP contribution in [0, 0.1) is 13.8 Å². The van der Waals surface area contributed by atoms with E-state index < -0.39 is 6.10 Å². The molecule has 0 aliphatic carbocycles. The molecule has 23 heavy (non-hydrogen) atoms. The molecule has 1 atom stereocenters. The van der Waals surface area contributed by atoms with Crippen molar-refractivity contribution in [3.63, 3.8) is 0 Å². The minimum absolute atomic E-state index is 0.0679. The van der Waals surface area contributed by atoms with Crippen LogP contribution in [0.2, 0.25) is 0 Å². The third-order valence-corrected chi connectivity index (χ3v) is 3.65. The number of aryl methyl sites for hydroxylation is 3. The zero-order chi connectivity index (χ0) is 17.7. The SMILES string of the molecule is Cc1cc(C)n(CCC(=O)OC(C)C(=O)N(C(C)C)C(C)C)n1. The van der Waals surface area contributed by atoms with Gasteiger partial charge in [0.1, 0.15) is 0 Å². The predicted octanol–water partition coefficient (Wildman–Crippen LogP) is 2.47. The molecule has 1 aromatic heterocycles. The van der Waals surface area contributed by atoms with E-state index in [2.05, 4.69) is 5.10 Å². The molecule has 0 saturated carbocycles. The number of esters is 1. The number of amides is 1. The Kier molecular flexibility index (Phi) is 6.79. The van der Waals surface area contributed by atoms with Crippen molar-refractivity contribution < 1.29 is 14.3 Å². The first kappa shape index (κ1) is 19.2. The van der Waals surface area contributed by atoms with Crippen LogP contribution in [-0.2, 0) is 20.9 Å². The zero-order valence-corrected chi connectivity index (χ0v) is 15.3. The summed E-state index contributed by atoms with van der Waals surface area (Å²) in [4.78, 5) is 26.1. The number of aromatic nitrogens is 2. The quantitative estimate of drug-likeness (QED) is 0.723. The van der Waals surface area contributed by atoms with Crippen molar-refractivity contribution in [1.29, 1.82) is 0 Å². The molecule has 0 spiro atoms. The lowest BCUT2D eigenvalue weighted by atomic mass is 10.2. The Morgan fingerprint density at radius 1 is 1.17 bits per heavy atom. The molecule has 0 aliphatic heterocycles. The van der Waals surface area contributed by atoms with Gasteiger partial charge in [-0.2, -0.15) is 5.10 Å². The number of hydrogen-bond donors (Lipinski definition) is 0. The molecule has 0 N–H and O–H groups in total. The summed E-state index contributed by atoms with van der Waals surface area (Å²) >= 11 is 0. The van der Waals surface area contributed by atoms with Crippen LogP contribution in [0.5, 0.6) is 0 Å². The van der Waals surface area contributed by atoms with Crippen molar-refractivity contribution >= 4 is 11.9 Å². The lowest BCUT2D eigenvalue weighted by Crippen LogP contribution is -2.47. The Balaban J connectivity index is 2.56. The minimum atomic E-state index is -0.771. The summed E-state index contributed by atoms with van der Waals surface area (Å²) in [5.41, 5.74) is 1.93. The van der Waals surface area contributed by atoms with Gasteiger partial charge in [-0.15, -0.1) is 0 Å². The summed E-state index contributed by atoms with van der Waals surface area (Å²) in [6.45, 7) is 13.8. The molecule has 0 aliphatic rings. The lowest BCUT2D eigenvalue weighted by Gasteiger charge is -2.32. The largest absolute Gasteiger partial charge is 0.452 e. The molecule has 0 aromatic carbocycles. The minimum Gasteiger partial charge on any atom is -0.452 e. The first-order valence-electron chi connectivity index (χ1n) is 8.16. The zero-order valence-electron chi connectivity index (χ0n) is 15.3. The molecule has 130 valence electrons. The highest BCUT2D eigenvalue weighted by Crippen LogP contribution is 2.10. The van der Waals surface area contributed by atoms with Gasteiger partial charge >= 0.3 is 5.97 Å². The second-order valence-corrected chi connectivity index (χ2v) is 6.47. The summed E-state index contributed by atoms with van der Waals surface area (Å²) in [6.07, 6.45) is -0.573. The number of nitrogens with zero attached hydrogens (tertiary/aromatic N) is 3. The van der Waals surface area contributed by atoms with Crippen LogP contribution in [0.25, 0.3) is 0 Å². The van der Waals surface area contributed by atoms with Crippen LogP contribution in [-0.4, -0.2) is 44.7 Å². The molecule has 1 heterocycles. The third-order valence-electron chi connectivity index (χ3n) is 3.65. The van der Waals surface area contributed by atoms with E-state index in [1.165, 1.54) is 0 Å². The highest BCUT2D eigenvalue weighted by Gasteiger charge is 2.27. The number of rotatable bonds is 7. The van der Waals surface area contributed by atoms with Crippen molar-refractivity contribution in [2.24, 2.45) is 0 Å². The van der Waals surface area contributed by atoms with Crippen molar-refractivity contribution in [1.82, 2.24) is 14.7 Å². The number of carbonyl (C=O) groups is 2. The Bertz CT molecular complexity index is 541. The summed E-state index contributed by atoms with van der Waals surface area (Å²) in [5, 5.41) is 4.30. The van der Waals surface area contributed by atoms with Crippen molar-refractivity contribution in [2.75, 3.05) is 0 Å². The maximum atomic E-state index is 12.4. The van der Waals surface area contributed by atoms with Crippen LogP contribution in [0.1, 0.15) is 52.4 Å². The Morgan fingerprint density at radius 3 is 2.17 bits per heavy atom. The van der Waals surface area contributed by atoms with Gasteiger partial charge in [0.15, 0.2) is 6.10 Å². The average Bonchev–Trinajstić information content (AvgIpc) is 2.73. The van der Waals surface area contributed by atoms with E-state index in [1.54, 1.807) is 16.5 Å². The maximum Gasteiger partial charge on any atom is 0.308 e. The van der Waals surface area contributed by atoms with Gasteiger partial charge in [-0.05, 0) is 54.5 Å². The van der Waals surface area contributed by atoms with Gasteiger partial charge in [0.25, 0.3) is 5.91 Å². The highest BCUT2D eigenvalue weighted by atomic mass is 16.5. The molecule has 1 rings (SSSR count). The van der Waals surface area contributed by atoms with E-state index >= 15 is 0 Å². The van der Waals surface area contributed by atoms with Crippen LogP contribution in [0.15, 0.2) is 6.07 Å². The van der Waals surface area contributed by atoms with Gasteiger partial charge < -0.3 is 9.64 Å². The predicted molar refractivity (Wildman–Crippen MR) is 89.0 cm³/mol. The van der Waals surface area contributed by atoms with Gasteiger partial charge in [-0.25, -0.2) is 0 Å². The molecule has 0 bridgehead atoms. The van der Waals surface area contributed by atoms with Gasteiger partial charge in [0.2, 0.25) is 0 Å². The summed E-state index contributed by atoms with van der Waals surface area (Å²) in [7, 11) is 0. The molecular weight excluding hydrogens is 294 g/mol. The lowest BCUT2D eigenvalue weighted by molar-refractivity contribution is -0.161. The fourth-order valence-corrected chi connectivity index (χ4v) is 2.72. The van der Waals surface area contributed by atoms with E-state index in [1.807, 2.05) is 47.6 Å². The molecule has 6 heteroatoms. The van der Waals surface area contributed by atoms with Gasteiger partial charge in [0.05, 0.1) is 18.7 Å². The third kappa shape index (κ3) is 5.37. The van der Waals surface area contributed by atoms with Crippen LogP contribution < -0.4 is 0 Å². The van der Waals surface area contributed by atoms with Gasteiger partial charge in [-0.1, -0.05) is 0 Å². The molecule has 1 amide bonds. The molecular formula is C17H29N3O3. The van der Waals surface area contributed by atoms with Crippen molar-refractivity contribution in [3.8, 4) is 0 Å². The van der Waals surface area contributed by atoms with Crippen LogP contribution in [0.4, 0.5) is 0 Å².